The van der Waals surface area contributed by atoms with Crippen molar-refractivity contribution in [2.45, 2.75) is 26.0 Å². The second-order valence-corrected chi connectivity index (χ2v) is 5.84. The Bertz CT molecular complexity index is 706. The molecule has 0 saturated carbocycles. The van der Waals surface area contributed by atoms with Gasteiger partial charge in [-0.25, -0.2) is 4.98 Å². The first-order valence-electron chi connectivity index (χ1n) is 6.41. The number of nitrogens with zero attached hydrogens (tertiary/aromatic N) is 3. The average molecular weight is 361 g/mol. The first-order valence-corrected chi connectivity index (χ1v) is 7.35. The summed E-state index contributed by atoms with van der Waals surface area (Å²) in [5.74, 6) is -0.793. The summed E-state index contributed by atoms with van der Waals surface area (Å²) in [6.07, 6.45) is 3.60. The molecule has 1 amide bonds. The molecule has 1 fully saturated rings. The number of aliphatic carboxylic acids is 1. The molecule has 4 rings (SSSR count). The van der Waals surface area contributed by atoms with Gasteiger partial charge in [0.05, 0.1) is 29.5 Å². The van der Waals surface area contributed by atoms with Crippen LogP contribution in [0.4, 0.5) is 0 Å². The minimum atomic E-state index is -1.33. The van der Waals surface area contributed by atoms with Gasteiger partial charge >= 0.3 is 29.6 Å². The number of hydrogen-bond acceptors (Lipinski definition) is 6. The number of rotatable bonds is 2. The molecule has 1 atom stereocenters. The number of imidazole rings is 1. The van der Waals surface area contributed by atoms with Gasteiger partial charge in [0.2, 0.25) is 0 Å². The maximum atomic E-state index is 12.1. The predicted molar refractivity (Wildman–Crippen MR) is 81.5 cm³/mol. The summed E-state index contributed by atoms with van der Waals surface area (Å²) < 4.78 is 7.33. The number of β-lactam (4-membered cyclic amide) rings is 1. The molecule has 0 bridgehead atoms. The van der Waals surface area contributed by atoms with Gasteiger partial charge in [0.1, 0.15) is 17.8 Å². The van der Waals surface area contributed by atoms with E-state index in [1.165, 1.54) is 22.1 Å². The summed E-state index contributed by atoms with van der Waals surface area (Å²) in [7, 11) is 0. The fourth-order valence-corrected chi connectivity index (χ4v) is 3.71. The van der Waals surface area contributed by atoms with E-state index in [4.69, 9.17) is 4.74 Å². The Hall–Kier alpha value is -1.10. The van der Waals surface area contributed by atoms with Gasteiger partial charge in [0.25, 0.3) is 5.91 Å². The number of ether oxygens (including phenoxy) is 1. The minimum Gasteiger partial charge on any atom is -0.543 e. The molecule has 0 radical (unpaired) electrons. The standard InChI is InChI=1S/C13H11N3O4S.CH4.Na.H2O/c17-11-8(12-16(11)9(6-21-12)13(18)19)3-7-4-15-1-2-20-5-10(15)14-7;;;/h3-4,6,12H,1-2,5H2,(H,18,19);1H4;;1H2/q;;+1;/p-1/t12-;;;/m1.../s1. The molecule has 10 heteroatoms. The van der Waals surface area contributed by atoms with Crippen LogP contribution in [0, 0.1) is 0 Å². The molecule has 0 aliphatic carbocycles. The smallest absolute Gasteiger partial charge is 0.543 e. The van der Waals surface area contributed by atoms with Gasteiger partial charge in [-0.3, -0.25) is 9.69 Å². The van der Waals surface area contributed by atoms with E-state index < -0.39 is 5.97 Å². The van der Waals surface area contributed by atoms with E-state index in [2.05, 4.69) is 4.98 Å². The van der Waals surface area contributed by atoms with Crippen LogP contribution >= 0.6 is 11.8 Å². The number of carboxylic acids is 1. The van der Waals surface area contributed by atoms with Crippen molar-refractivity contribution >= 4 is 29.7 Å². The Kier molecular flexibility index (Phi) is 6.85. The Balaban J connectivity index is 0.000000960. The summed E-state index contributed by atoms with van der Waals surface area (Å²) >= 11 is 1.29. The molecule has 1 saturated heterocycles. The van der Waals surface area contributed by atoms with Crippen LogP contribution in [-0.4, -0.2) is 43.8 Å². The topological polar surface area (TPSA) is 119 Å². The van der Waals surface area contributed by atoms with Crippen LogP contribution in [0.25, 0.3) is 6.08 Å². The van der Waals surface area contributed by atoms with Gasteiger partial charge in [-0.2, -0.15) is 0 Å². The summed E-state index contributed by atoms with van der Waals surface area (Å²) in [5, 5.41) is 12.1. The zero-order valence-electron chi connectivity index (χ0n) is 12.3. The molecular formula is C14H16N3NaO5S. The van der Waals surface area contributed by atoms with Crippen molar-refractivity contribution in [1.29, 1.82) is 0 Å². The van der Waals surface area contributed by atoms with Gasteiger partial charge in [-0.15, -0.1) is 11.8 Å². The van der Waals surface area contributed by atoms with Crippen LogP contribution in [0.3, 0.4) is 0 Å². The Morgan fingerprint density at radius 2 is 2.25 bits per heavy atom. The van der Waals surface area contributed by atoms with E-state index >= 15 is 0 Å². The number of amides is 1. The quantitative estimate of drug-likeness (QED) is 0.302. The van der Waals surface area contributed by atoms with E-state index in [1.54, 1.807) is 6.08 Å². The molecule has 24 heavy (non-hydrogen) atoms. The van der Waals surface area contributed by atoms with E-state index in [-0.39, 0.29) is 59.4 Å². The maximum Gasteiger partial charge on any atom is 1.00 e. The summed E-state index contributed by atoms with van der Waals surface area (Å²) in [6, 6.07) is 0. The first kappa shape index (κ1) is 20.9. The second kappa shape index (κ2) is 7.85. The van der Waals surface area contributed by atoms with Crippen LogP contribution in [-0.2, 0) is 27.5 Å². The molecule has 3 aliphatic rings. The average Bonchev–Trinajstić information content (AvgIpc) is 3.05. The van der Waals surface area contributed by atoms with Gasteiger partial charge in [-0.05, 0) is 11.5 Å². The van der Waals surface area contributed by atoms with Crippen molar-refractivity contribution in [2.75, 3.05) is 6.61 Å². The Morgan fingerprint density at radius 1 is 1.50 bits per heavy atom. The number of carbonyl (C=O) groups is 2. The molecule has 3 aliphatic heterocycles. The van der Waals surface area contributed by atoms with Crippen LogP contribution in [0.2, 0.25) is 0 Å². The molecule has 1 aromatic rings. The molecule has 8 nitrogen and oxygen atoms in total. The van der Waals surface area contributed by atoms with Crippen molar-refractivity contribution in [1.82, 2.24) is 14.5 Å². The van der Waals surface area contributed by atoms with Crippen molar-refractivity contribution in [3.05, 3.63) is 34.4 Å². The number of hydrogen-bond donors (Lipinski definition) is 0. The molecule has 1 aromatic heterocycles. The van der Waals surface area contributed by atoms with Crippen LogP contribution in [0.15, 0.2) is 22.9 Å². The molecule has 0 aromatic carbocycles. The third-order valence-electron chi connectivity index (χ3n) is 3.63. The summed E-state index contributed by atoms with van der Waals surface area (Å²) in [5.41, 5.74) is 1.19. The monoisotopic (exact) mass is 361 g/mol. The predicted octanol–water partition coefficient (Wildman–Crippen LogP) is -3.88. The zero-order chi connectivity index (χ0) is 14.6. The first-order chi connectivity index (χ1) is 10.1. The molecule has 2 N–H and O–H groups in total. The molecular weight excluding hydrogens is 345 g/mol. The third kappa shape index (κ3) is 3.19. The van der Waals surface area contributed by atoms with E-state index in [0.29, 0.717) is 24.5 Å². The zero-order valence-corrected chi connectivity index (χ0v) is 15.1. The summed E-state index contributed by atoms with van der Waals surface area (Å²) in [4.78, 5) is 28.6. The fourth-order valence-electron chi connectivity index (χ4n) is 2.60. The van der Waals surface area contributed by atoms with Crippen LogP contribution in [0.5, 0.6) is 0 Å². The van der Waals surface area contributed by atoms with Crippen LogP contribution in [0.1, 0.15) is 18.9 Å². The fraction of sp³-hybridized carbons (Fsp3) is 0.357. The van der Waals surface area contributed by atoms with Crippen molar-refractivity contribution in [2.24, 2.45) is 0 Å². The van der Waals surface area contributed by atoms with E-state index in [1.807, 2.05) is 10.8 Å². The summed E-state index contributed by atoms with van der Waals surface area (Å²) in [6.45, 7) is 1.88. The SMILES string of the molecule is C.O.O=C([O-])C1=CS[C@@H]2C(=Cc3cn4c(n3)COCC4)C(=O)N12.[Na+]. The Morgan fingerprint density at radius 3 is 2.92 bits per heavy atom. The van der Waals surface area contributed by atoms with Gasteiger partial charge in [0.15, 0.2) is 0 Å². The van der Waals surface area contributed by atoms with Crippen molar-refractivity contribution < 1.29 is 54.5 Å². The maximum absolute atomic E-state index is 12.1. The van der Waals surface area contributed by atoms with Crippen LogP contribution < -0.4 is 34.7 Å². The number of fused-ring (bicyclic) bond motifs is 2. The molecule has 124 valence electrons. The number of carboxylic acid groups (broad SMARTS) is 1. The number of aromatic nitrogens is 2. The van der Waals surface area contributed by atoms with E-state index in [9.17, 15) is 14.7 Å². The van der Waals surface area contributed by atoms with Crippen molar-refractivity contribution in [3.63, 3.8) is 0 Å². The van der Waals surface area contributed by atoms with Gasteiger partial charge in [-0.1, -0.05) is 7.43 Å². The second-order valence-electron chi connectivity index (χ2n) is 4.88. The molecule has 4 heterocycles. The van der Waals surface area contributed by atoms with Gasteiger partial charge in [0, 0.05) is 12.7 Å². The normalized spacial score (nSPS) is 22.2. The number of thioether (sulfide) groups is 1. The largest absolute Gasteiger partial charge is 1.00 e. The third-order valence-corrected chi connectivity index (χ3v) is 4.71. The minimum absolute atomic E-state index is 0. The van der Waals surface area contributed by atoms with Gasteiger partial charge < -0.3 is 24.7 Å². The Labute approximate surface area is 165 Å². The number of carbonyl (C=O) groups excluding carboxylic acids is 2. The molecule has 0 spiro atoms. The van der Waals surface area contributed by atoms with E-state index in [0.717, 1.165) is 12.4 Å². The molecule has 0 unspecified atom stereocenters. The van der Waals surface area contributed by atoms with Crippen molar-refractivity contribution in [3.8, 4) is 0 Å².